The molecular weight excluding hydrogens is 407 g/mol. The number of likely N-dealkylation sites (N-methyl/N-ethyl adjacent to an activating group) is 1. The van der Waals surface area contributed by atoms with E-state index in [2.05, 4.69) is 15.6 Å². The fourth-order valence-electron chi connectivity index (χ4n) is 3.67. The number of aliphatic imine (C=N–C) groups is 1. The van der Waals surface area contributed by atoms with Gasteiger partial charge in [-0.3, -0.25) is 4.79 Å². The van der Waals surface area contributed by atoms with Crippen LogP contribution >= 0.6 is 0 Å². The fourth-order valence-corrected chi connectivity index (χ4v) is 3.67. The van der Waals surface area contributed by atoms with Crippen LogP contribution in [-0.2, 0) is 4.79 Å². The maximum Gasteiger partial charge on any atom is 0.317 e. The third-order valence-electron chi connectivity index (χ3n) is 5.39. The van der Waals surface area contributed by atoms with E-state index in [4.69, 9.17) is 0 Å². The zero-order valence-corrected chi connectivity index (χ0v) is 17.7. The number of carbonyl (C=O) groups excluding carboxylic acids is 2. The van der Waals surface area contributed by atoms with Crippen molar-refractivity contribution in [2.24, 2.45) is 4.99 Å². The lowest BCUT2D eigenvalue weighted by atomic mass is 10.00. The van der Waals surface area contributed by atoms with Crippen molar-refractivity contribution >= 4 is 23.3 Å². The highest BCUT2D eigenvalue weighted by molar-refractivity contribution is 6.20. The largest absolute Gasteiger partial charge is 0.332 e. The van der Waals surface area contributed by atoms with Gasteiger partial charge in [0, 0.05) is 18.2 Å². The molecule has 4 rings (SSSR count). The minimum atomic E-state index is -1.22. The van der Waals surface area contributed by atoms with E-state index >= 15 is 0 Å². The molecule has 6 nitrogen and oxygen atoms in total. The molecule has 0 aliphatic carbocycles. The molecule has 0 aromatic heterocycles. The number of para-hydroxylation sites is 1. The van der Waals surface area contributed by atoms with Gasteiger partial charge in [0.15, 0.2) is 0 Å². The first kappa shape index (κ1) is 21.2. The lowest BCUT2D eigenvalue weighted by Crippen LogP contribution is -2.49. The highest BCUT2D eigenvalue weighted by Crippen LogP contribution is 2.28. The zero-order chi connectivity index (χ0) is 22.7. The van der Waals surface area contributed by atoms with Crippen LogP contribution in [0.3, 0.4) is 0 Å². The first-order valence-electron chi connectivity index (χ1n) is 10.3. The zero-order valence-electron chi connectivity index (χ0n) is 17.7. The Hall–Kier alpha value is -4.00. The Morgan fingerprint density at radius 1 is 0.969 bits per heavy atom. The van der Waals surface area contributed by atoms with Gasteiger partial charge >= 0.3 is 6.03 Å². The van der Waals surface area contributed by atoms with Crippen molar-refractivity contribution in [2.45, 2.75) is 19.1 Å². The van der Waals surface area contributed by atoms with Crippen LogP contribution in [0.2, 0.25) is 0 Å². The second-order valence-electron chi connectivity index (χ2n) is 7.52. The molecule has 3 aromatic carbocycles. The summed E-state index contributed by atoms with van der Waals surface area (Å²) < 4.78 is 14.7. The molecule has 0 saturated carbocycles. The number of anilines is 1. The predicted molar refractivity (Wildman–Crippen MR) is 122 cm³/mol. The number of carbonyl (C=O) groups is 2. The van der Waals surface area contributed by atoms with Gasteiger partial charge in [-0.25, -0.2) is 14.2 Å². The average Bonchev–Trinajstić information content (AvgIpc) is 2.91. The SMILES string of the molecule is C[C@@H](NC(=O)NC1N=C(c2ccccc2F)c2ccccc2N(C)C1=O)c1ccccc1. The Balaban J connectivity index is 1.67. The van der Waals surface area contributed by atoms with Gasteiger partial charge in [-0.05, 0) is 30.7 Å². The van der Waals surface area contributed by atoms with Crippen LogP contribution in [0.4, 0.5) is 14.9 Å². The van der Waals surface area contributed by atoms with E-state index in [1.54, 1.807) is 49.5 Å². The molecule has 0 radical (unpaired) electrons. The Kier molecular flexibility index (Phi) is 5.98. The molecule has 0 fully saturated rings. The molecule has 1 aliphatic heterocycles. The molecule has 1 unspecified atom stereocenters. The monoisotopic (exact) mass is 430 g/mol. The van der Waals surface area contributed by atoms with E-state index < -0.39 is 23.9 Å². The van der Waals surface area contributed by atoms with Gasteiger partial charge < -0.3 is 15.5 Å². The van der Waals surface area contributed by atoms with Gasteiger partial charge in [-0.1, -0.05) is 60.7 Å². The highest BCUT2D eigenvalue weighted by Gasteiger charge is 2.31. The van der Waals surface area contributed by atoms with E-state index in [-0.39, 0.29) is 11.6 Å². The number of urea groups is 1. The summed E-state index contributed by atoms with van der Waals surface area (Å²) in [6.07, 6.45) is -1.22. The third-order valence-corrected chi connectivity index (χ3v) is 5.39. The van der Waals surface area contributed by atoms with Crippen molar-refractivity contribution in [3.05, 3.63) is 101 Å². The van der Waals surface area contributed by atoms with Crippen LogP contribution in [0.25, 0.3) is 0 Å². The highest BCUT2D eigenvalue weighted by atomic mass is 19.1. The van der Waals surface area contributed by atoms with Crippen LogP contribution in [0, 0.1) is 5.82 Å². The van der Waals surface area contributed by atoms with Crippen LogP contribution in [0.5, 0.6) is 0 Å². The van der Waals surface area contributed by atoms with Gasteiger partial charge in [0.05, 0.1) is 17.4 Å². The van der Waals surface area contributed by atoms with E-state index in [1.165, 1.54) is 11.0 Å². The van der Waals surface area contributed by atoms with Crippen molar-refractivity contribution in [3.8, 4) is 0 Å². The summed E-state index contributed by atoms with van der Waals surface area (Å²) in [5, 5.41) is 5.46. The molecular formula is C25H23FN4O2. The van der Waals surface area contributed by atoms with E-state index in [1.807, 2.05) is 37.3 Å². The Bertz CT molecular complexity index is 1180. The van der Waals surface area contributed by atoms with Crippen molar-refractivity contribution < 1.29 is 14.0 Å². The van der Waals surface area contributed by atoms with Gasteiger partial charge in [-0.15, -0.1) is 0 Å². The van der Waals surface area contributed by atoms with Crippen LogP contribution in [0.1, 0.15) is 29.7 Å². The Morgan fingerprint density at radius 2 is 1.59 bits per heavy atom. The third kappa shape index (κ3) is 4.23. The van der Waals surface area contributed by atoms with Crippen molar-refractivity contribution in [1.82, 2.24) is 10.6 Å². The summed E-state index contributed by atoms with van der Waals surface area (Å²) in [7, 11) is 1.61. The summed E-state index contributed by atoms with van der Waals surface area (Å²) >= 11 is 0. The van der Waals surface area contributed by atoms with Crippen molar-refractivity contribution in [2.75, 3.05) is 11.9 Å². The molecule has 3 amide bonds. The predicted octanol–water partition coefficient (Wildman–Crippen LogP) is 4.03. The quantitative estimate of drug-likeness (QED) is 0.656. The first-order chi connectivity index (χ1) is 15.5. The van der Waals surface area contributed by atoms with Gasteiger partial charge in [0.2, 0.25) is 6.17 Å². The van der Waals surface area contributed by atoms with Crippen LogP contribution in [-0.4, -0.2) is 30.9 Å². The molecule has 1 aliphatic rings. The summed E-state index contributed by atoms with van der Waals surface area (Å²) in [6, 6.07) is 22.0. The Morgan fingerprint density at radius 3 is 2.31 bits per heavy atom. The minimum absolute atomic E-state index is 0.257. The molecule has 2 atom stereocenters. The molecule has 1 heterocycles. The fraction of sp³-hybridized carbons (Fsp3) is 0.160. The summed E-state index contributed by atoms with van der Waals surface area (Å²) in [5.74, 6) is -0.884. The summed E-state index contributed by atoms with van der Waals surface area (Å²) in [6.45, 7) is 1.85. The lowest BCUT2D eigenvalue weighted by molar-refractivity contribution is -0.119. The topological polar surface area (TPSA) is 73.8 Å². The number of halogens is 1. The number of amides is 3. The average molecular weight is 430 g/mol. The number of nitrogens with one attached hydrogen (secondary N) is 2. The van der Waals surface area contributed by atoms with E-state index in [0.717, 1.165) is 5.56 Å². The van der Waals surface area contributed by atoms with Gasteiger partial charge in [-0.2, -0.15) is 0 Å². The molecule has 0 saturated heterocycles. The first-order valence-corrected chi connectivity index (χ1v) is 10.3. The molecule has 162 valence electrons. The van der Waals surface area contributed by atoms with Crippen molar-refractivity contribution in [1.29, 1.82) is 0 Å². The standard InChI is InChI=1S/C25H23FN4O2/c1-16(17-10-4-3-5-11-17)27-25(32)29-23-24(31)30(2)21-15-9-7-13-19(21)22(28-23)18-12-6-8-14-20(18)26/h3-16,23H,1-2H3,(H2,27,29,32)/t16-,23?/m1/s1. The lowest BCUT2D eigenvalue weighted by Gasteiger charge is -2.22. The molecule has 2 N–H and O–H groups in total. The number of rotatable bonds is 4. The number of nitrogens with zero attached hydrogens (tertiary/aromatic N) is 2. The van der Waals surface area contributed by atoms with Crippen LogP contribution in [0.15, 0.2) is 83.9 Å². The van der Waals surface area contributed by atoms with Crippen molar-refractivity contribution in [3.63, 3.8) is 0 Å². The number of hydrogen-bond acceptors (Lipinski definition) is 3. The van der Waals surface area contributed by atoms with Gasteiger partial charge in [0.1, 0.15) is 5.82 Å². The molecule has 0 spiro atoms. The summed E-state index contributed by atoms with van der Waals surface area (Å²) in [4.78, 5) is 31.8. The molecule has 32 heavy (non-hydrogen) atoms. The van der Waals surface area contributed by atoms with E-state index in [9.17, 15) is 14.0 Å². The molecule has 7 heteroatoms. The number of hydrogen-bond donors (Lipinski definition) is 2. The van der Waals surface area contributed by atoms with E-state index in [0.29, 0.717) is 17.0 Å². The maximum atomic E-state index is 14.7. The number of benzene rings is 3. The Labute approximate surface area is 185 Å². The maximum absolute atomic E-state index is 14.7. The second kappa shape index (κ2) is 9.01. The molecule has 3 aromatic rings. The van der Waals surface area contributed by atoms with Crippen LogP contribution < -0.4 is 15.5 Å². The van der Waals surface area contributed by atoms with Gasteiger partial charge in [0.25, 0.3) is 5.91 Å². The summed E-state index contributed by atoms with van der Waals surface area (Å²) in [5.41, 5.74) is 2.68. The minimum Gasteiger partial charge on any atom is -0.332 e. The number of benzodiazepines with no additional fused rings is 1. The number of fused-ring (bicyclic) bond motifs is 1. The smallest absolute Gasteiger partial charge is 0.317 e. The normalized spacial score (nSPS) is 16.5. The second-order valence-corrected chi connectivity index (χ2v) is 7.52. The molecule has 0 bridgehead atoms.